The number of anilines is 1. The molecule has 1 N–H and O–H groups in total. The fourth-order valence-electron chi connectivity index (χ4n) is 3.57. The zero-order chi connectivity index (χ0) is 17.8. The van der Waals surface area contributed by atoms with E-state index in [9.17, 15) is 4.79 Å². The van der Waals surface area contributed by atoms with Gasteiger partial charge in [-0.05, 0) is 78.5 Å². The molecule has 1 aliphatic rings. The summed E-state index contributed by atoms with van der Waals surface area (Å²) in [5.74, 6) is 0.329. The highest BCUT2D eigenvalue weighted by Gasteiger charge is 2.29. The van der Waals surface area contributed by atoms with Gasteiger partial charge in [-0.2, -0.15) is 0 Å². The molecule has 1 amide bonds. The Kier molecular flexibility index (Phi) is 5.92. The summed E-state index contributed by atoms with van der Waals surface area (Å²) in [5, 5.41) is 3.35. The average molecular weight is 401 g/mol. The quantitative estimate of drug-likeness (QED) is 0.812. The molecule has 3 nitrogen and oxygen atoms in total. The van der Waals surface area contributed by atoms with Crippen LogP contribution in [0.25, 0.3) is 0 Å². The third-order valence-electron chi connectivity index (χ3n) is 4.81. The minimum absolute atomic E-state index is 0.0950. The highest BCUT2D eigenvalue weighted by atomic mass is 79.9. The fourth-order valence-corrected chi connectivity index (χ4v) is 4.46. The molecular weight excluding hydrogens is 376 g/mol. The Hall–Kier alpha value is -1.65. The third-order valence-corrected chi connectivity index (χ3v) is 5.41. The van der Waals surface area contributed by atoms with Crippen LogP contribution in [-0.4, -0.2) is 19.0 Å². The van der Waals surface area contributed by atoms with E-state index in [1.165, 1.54) is 5.56 Å². The van der Waals surface area contributed by atoms with Crippen LogP contribution in [0.4, 0.5) is 5.69 Å². The highest BCUT2D eigenvalue weighted by Crippen LogP contribution is 2.34. The molecule has 0 atom stereocenters. The Balaban J connectivity index is 1.98. The number of hydrogen-bond donors (Lipinski definition) is 1. The Morgan fingerprint density at radius 2 is 1.84 bits per heavy atom. The molecule has 0 unspecified atom stereocenters. The summed E-state index contributed by atoms with van der Waals surface area (Å²) in [7, 11) is 0. The van der Waals surface area contributed by atoms with E-state index in [2.05, 4.69) is 59.4 Å². The first kappa shape index (κ1) is 18.2. The molecule has 25 heavy (non-hydrogen) atoms. The standard InChI is InChI=1S/C21H25BrN2O/c1-15-12-16(2)20(19(22)13-15)24(14-17-6-4-3-5-7-17)21(25)18-8-10-23-11-9-18/h3-7,12-13,18,23H,8-11,14H2,1-2H3. The molecule has 0 radical (unpaired) electrons. The Bertz CT molecular complexity index is 716. The summed E-state index contributed by atoms with van der Waals surface area (Å²) in [5.41, 5.74) is 4.47. The van der Waals surface area contributed by atoms with Crippen molar-refractivity contribution in [2.45, 2.75) is 33.2 Å². The summed E-state index contributed by atoms with van der Waals surface area (Å²) in [4.78, 5) is 15.3. The van der Waals surface area contributed by atoms with E-state index in [-0.39, 0.29) is 11.8 Å². The van der Waals surface area contributed by atoms with Crippen LogP contribution in [0.2, 0.25) is 0 Å². The van der Waals surface area contributed by atoms with E-state index in [0.717, 1.165) is 47.2 Å². The van der Waals surface area contributed by atoms with Crippen LogP contribution in [0.15, 0.2) is 46.9 Å². The second-order valence-corrected chi connectivity index (χ2v) is 7.70. The second-order valence-electron chi connectivity index (χ2n) is 6.85. The summed E-state index contributed by atoms with van der Waals surface area (Å²) < 4.78 is 0.989. The number of halogens is 1. The predicted octanol–water partition coefficient (Wildman–Crippen LogP) is 4.60. The molecule has 0 saturated carbocycles. The van der Waals surface area contributed by atoms with Gasteiger partial charge in [-0.3, -0.25) is 4.79 Å². The van der Waals surface area contributed by atoms with Crippen LogP contribution < -0.4 is 10.2 Å². The fraction of sp³-hybridized carbons (Fsp3) is 0.381. The number of carbonyl (C=O) groups excluding carboxylic acids is 1. The first-order chi connectivity index (χ1) is 12.1. The van der Waals surface area contributed by atoms with Crippen LogP contribution in [0.5, 0.6) is 0 Å². The van der Waals surface area contributed by atoms with Crippen molar-refractivity contribution in [3.8, 4) is 0 Å². The Morgan fingerprint density at radius 3 is 2.48 bits per heavy atom. The van der Waals surface area contributed by atoms with Crippen molar-refractivity contribution in [1.29, 1.82) is 0 Å². The van der Waals surface area contributed by atoms with Crippen molar-refractivity contribution in [3.05, 3.63) is 63.6 Å². The van der Waals surface area contributed by atoms with E-state index < -0.39 is 0 Å². The van der Waals surface area contributed by atoms with Crippen molar-refractivity contribution in [3.63, 3.8) is 0 Å². The molecule has 1 heterocycles. The molecule has 3 rings (SSSR count). The Labute approximate surface area is 158 Å². The van der Waals surface area contributed by atoms with Gasteiger partial charge in [0.25, 0.3) is 0 Å². The maximum atomic E-state index is 13.4. The normalized spacial score (nSPS) is 15.2. The van der Waals surface area contributed by atoms with Gasteiger partial charge >= 0.3 is 0 Å². The van der Waals surface area contributed by atoms with E-state index in [1.54, 1.807) is 0 Å². The zero-order valence-electron chi connectivity index (χ0n) is 14.9. The second kappa shape index (κ2) is 8.15. The molecule has 2 aromatic rings. The number of aryl methyl sites for hydroxylation is 2. The molecular formula is C21H25BrN2O. The summed E-state index contributed by atoms with van der Waals surface area (Å²) in [6.07, 6.45) is 1.82. The minimum Gasteiger partial charge on any atom is -0.317 e. The van der Waals surface area contributed by atoms with Gasteiger partial charge in [-0.1, -0.05) is 36.4 Å². The van der Waals surface area contributed by atoms with Crippen LogP contribution >= 0.6 is 15.9 Å². The molecule has 0 spiro atoms. The lowest BCUT2D eigenvalue weighted by Crippen LogP contribution is -2.41. The van der Waals surface area contributed by atoms with Gasteiger partial charge in [0.15, 0.2) is 0 Å². The monoisotopic (exact) mass is 400 g/mol. The van der Waals surface area contributed by atoms with Crippen LogP contribution in [0, 0.1) is 19.8 Å². The number of benzene rings is 2. The first-order valence-electron chi connectivity index (χ1n) is 8.89. The van der Waals surface area contributed by atoms with Gasteiger partial charge in [-0.15, -0.1) is 0 Å². The van der Waals surface area contributed by atoms with E-state index >= 15 is 0 Å². The van der Waals surface area contributed by atoms with Crippen molar-refractivity contribution < 1.29 is 4.79 Å². The Morgan fingerprint density at radius 1 is 1.16 bits per heavy atom. The number of hydrogen-bond acceptors (Lipinski definition) is 2. The number of amides is 1. The smallest absolute Gasteiger partial charge is 0.230 e. The van der Waals surface area contributed by atoms with Crippen molar-refractivity contribution in [1.82, 2.24) is 5.32 Å². The van der Waals surface area contributed by atoms with Gasteiger partial charge in [0.05, 0.1) is 12.2 Å². The summed E-state index contributed by atoms with van der Waals surface area (Å²) >= 11 is 3.70. The lowest BCUT2D eigenvalue weighted by atomic mass is 9.95. The lowest BCUT2D eigenvalue weighted by molar-refractivity contribution is -0.123. The minimum atomic E-state index is 0.0950. The summed E-state index contributed by atoms with van der Waals surface area (Å²) in [6, 6.07) is 14.5. The zero-order valence-corrected chi connectivity index (χ0v) is 16.5. The third kappa shape index (κ3) is 4.31. The van der Waals surface area contributed by atoms with Crippen molar-refractivity contribution in [2.24, 2.45) is 5.92 Å². The number of nitrogens with one attached hydrogen (secondary N) is 1. The SMILES string of the molecule is Cc1cc(C)c(N(Cc2ccccc2)C(=O)C2CCNCC2)c(Br)c1. The molecule has 1 saturated heterocycles. The summed E-state index contributed by atoms with van der Waals surface area (Å²) in [6.45, 7) is 6.61. The highest BCUT2D eigenvalue weighted by molar-refractivity contribution is 9.10. The van der Waals surface area contributed by atoms with Crippen molar-refractivity contribution in [2.75, 3.05) is 18.0 Å². The average Bonchev–Trinajstić information content (AvgIpc) is 2.61. The van der Waals surface area contributed by atoms with Gasteiger partial charge in [0, 0.05) is 10.4 Å². The molecule has 2 aromatic carbocycles. The largest absolute Gasteiger partial charge is 0.317 e. The number of carbonyl (C=O) groups is 1. The van der Waals surface area contributed by atoms with Gasteiger partial charge in [0.1, 0.15) is 0 Å². The van der Waals surface area contributed by atoms with Crippen LogP contribution in [-0.2, 0) is 11.3 Å². The number of nitrogens with zero attached hydrogens (tertiary/aromatic N) is 1. The molecule has 1 aliphatic heterocycles. The van der Waals surface area contributed by atoms with Gasteiger partial charge in [-0.25, -0.2) is 0 Å². The number of rotatable bonds is 4. The van der Waals surface area contributed by atoms with Gasteiger partial charge < -0.3 is 10.2 Å². The lowest BCUT2D eigenvalue weighted by Gasteiger charge is -2.31. The number of piperidine rings is 1. The molecule has 4 heteroatoms. The maximum Gasteiger partial charge on any atom is 0.230 e. The maximum absolute atomic E-state index is 13.4. The topological polar surface area (TPSA) is 32.3 Å². The van der Waals surface area contributed by atoms with Crippen LogP contribution in [0.3, 0.4) is 0 Å². The van der Waals surface area contributed by atoms with E-state index in [1.807, 2.05) is 23.1 Å². The van der Waals surface area contributed by atoms with Crippen molar-refractivity contribution >= 4 is 27.5 Å². The van der Waals surface area contributed by atoms with E-state index in [4.69, 9.17) is 0 Å². The van der Waals surface area contributed by atoms with Gasteiger partial charge in [0.2, 0.25) is 5.91 Å². The van der Waals surface area contributed by atoms with E-state index in [0.29, 0.717) is 6.54 Å². The molecule has 1 fully saturated rings. The van der Waals surface area contributed by atoms with Crippen LogP contribution in [0.1, 0.15) is 29.5 Å². The molecule has 132 valence electrons. The molecule has 0 aliphatic carbocycles. The molecule has 0 bridgehead atoms. The first-order valence-corrected chi connectivity index (χ1v) is 9.68. The predicted molar refractivity (Wildman–Crippen MR) is 107 cm³/mol. The molecule has 0 aromatic heterocycles.